The van der Waals surface area contributed by atoms with Crippen LogP contribution in [0.15, 0.2) is 46.9 Å². The van der Waals surface area contributed by atoms with Crippen LogP contribution in [0.1, 0.15) is 40.9 Å². The maximum atomic E-state index is 12.5. The Labute approximate surface area is 147 Å². The molecule has 0 radical (unpaired) electrons. The molecule has 1 amide bonds. The molecular weight excluding hydrogens is 441 g/mol. The van der Waals surface area contributed by atoms with Crippen LogP contribution in [-0.4, -0.2) is 5.91 Å². The van der Waals surface area contributed by atoms with Crippen LogP contribution < -0.4 is 5.32 Å². The van der Waals surface area contributed by atoms with E-state index in [9.17, 15) is 4.79 Å². The van der Waals surface area contributed by atoms with Crippen LogP contribution >= 0.6 is 38.5 Å². The molecule has 2 rings (SSSR count). The van der Waals surface area contributed by atoms with Crippen molar-refractivity contribution in [2.24, 2.45) is 0 Å². The molecule has 0 aliphatic heterocycles. The van der Waals surface area contributed by atoms with Gasteiger partial charge < -0.3 is 5.32 Å². The van der Waals surface area contributed by atoms with Crippen LogP contribution in [0, 0.1) is 10.5 Å². The zero-order valence-electron chi connectivity index (χ0n) is 12.0. The van der Waals surface area contributed by atoms with Gasteiger partial charge in [-0.25, -0.2) is 0 Å². The molecule has 2 aromatic carbocycles. The summed E-state index contributed by atoms with van der Waals surface area (Å²) in [7, 11) is 0. The number of rotatable bonds is 4. The van der Waals surface area contributed by atoms with Gasteiger partial charge in [0.15, 0.2) is 0 Å². The highest BCUT2D eigenvalue weighted by Gasteiger charge is 2.16. The number of nitrogens with one attached hydrogen (secondary N) is 1. The number of benzene rings is 2. The van der Waals surface area contributed by atoms with E-state index in [0.717, 1.165) is 20.0 Å². The van der Waals surface area contributed by atoms with E-state index in [0.29, 0.717) is 5.56 Å². The van der Waals surface area contributed by atoms with Gasteiger partial charge in [0.2, 0.25) is 0 Å². The molecule has 0 fully saturated rings. The monoisotopic (exact) mass is 457 g/mol. The van der Waals surface area contributed by atoms with Gasteiger partial charge in [-0.3, -0.25) is 4.79 Å². The fourth-order valence-corrected chi connectivity index (χ4v) is 3.07. The fraction of sp³-hybridized carbons (Fsp3) is 0.235. The summed E-state index contributed by atoms with van der Waals surface area (Å²) in [6, 6.07) is 14.1. The fourth-order valence-electron chi connectivity index (χ4n) is 2.13. The minimum absolute atomic E-state index is 0.0341. The third-order valence-electron chi connectivity index (χ3n) is 3.37. The molecule has 1 unspecified atom stereocenters. The van der Waals surface area contributed by atoms with Crippen molar-refractivity contribution in [1.29, 1.82) is 0 Å². The van der Waals surface area contributed by atoms with E-state index < -0.39 is 0 Å². The minimum Gasteiger partial charge on any atom is -0.345 e. The van der Waals surface area contributed by atoms with E-state index in [2.05, 4.69) is 82.0 Å². The van der Waals surface area contributed by atoms with Gasteiger partial charge in [0, 0.05) is 8.04 Å². The van der Waals surface area contributed by atoms with Gasteiger partial charge in [-0.15, -0.1) is 0 Å². The Morgan fingerprint density at radius 1 is 1.24 bits per heavy atom. The van der Waals surface area contributed by atoms with Gasteiger partial charge in [0.25, 0.3) is 5.91 Å². The third kappa shape index (κ3) is 4.30. The molecule has 0 aromatic heterocycles. The number of amides is 1. The van der Waals surface area contributed by atoms with Crippen molar-refractivity contribution in [3.63, 3.8) is 0 Å². The summed E-state index contributed by atoms with van der Waals surface area (Å²) in [5.74, 6) is -0.0341. The second kappa shape index (κ2) is 7.40. The van der Waals surface area contributed by atoms with Gasteiger partial charge in [-0.05, 0) is 59.7 Å². The highest BCUT2D eigenvalue weighted by molar-refractivity contribution is 14.1. The molecule has 0 aliphatic rings. The van der Waals surface area contributed by atoms with Crippen LogP contribution in [0.25, 0.3) is 0 Å². The summed E-state index contributed by atoms with van der Waals surface area (Å²) in [6.45, 7) is 4.14. The van der Waals surface area contributed by atoms with E-state index >= 15 is 0 Å². The molecule has 2 nitrogen and oxygen atoms in total. The smallest absolute Gasteiger partial charge is 0.252 e. The second-order valence-corrected chi connectivity index (χ2v) is 7.05. The lowest BCUT2D eigenvalue weighted by molar-refractivity contribution is 0.0934. The Balaban J connectivity index is 2.20. The van der Waals surface area contributed by atoms with Gasteiger partial charge in [0.1, 0.15) is 0 Å². The standard InChI is InChI=1S/C17H17BrINO/c1-3-16(12-6-4-11(2)5-7-12)20-17(21)14-10-13(18)8-9-15(14)19/h4-10,16H,3H2,1-2H3,(H,20,21). The predicted octanol–water partition coefficient (Wildman–Crippen LogP) is 5.24. The first-order chi connectivity index (χ1) is 10.0. The first-order valence-electron chi connectivity index (χ1n) is 6.83. The Morgan fingerprint density at radius 2 is 1.90 bits per heavy atom. The van der Waals surface area contributed by atoms with Crippen molar-refractivity contribution in [2.45, 2.75) is 26.3 Å². The lowest BCUT2D eigenvalue weighted by atomic mass is 10.0. The van der Waals surface area contributed by atoms with Crippen LogP contribution in [0.5, 0.6) is 0 Å². The van der Waals surface area contributed by atoms with Crippen molar-refractivity contribution in [3.8, 4) is 0 Å². The van der Waals surface area contributed by atoms with Crippen molar-refractivity contribution >= 4 is 44.4 Å². The topological polar surface area (TPSA) is 29.1 Å². The molecule has 4 heteroatoms. The Bertz CT molecular complexity index is 640. The molecule has 0 bridgehead atoms. The zero-order chi connectivity index (χ0) is 15.4. The number of hydrogen-bond donors (Lipinski definition) is 1. The molecule has 0 spiro atoms. The molecule has 1 N–H and O–H groups in total. The quantitative estimate of drug-likeness (QED) is 0.624. The van der Waals surface area contributed by atoms with E-state index in [1.807, 2.05) is 18.2 Å². The molecule has 0 aliphatic carbocycles. The number of hydrogen-bond acceptors (Lipinski definition) is 1. The van der Waals surface area contributed by atoms with Gasteiger partial charge in [0.05, 0.1) is 11.6 Å². The van der Waals surface area contributed by atoms with E-state index in [1.54, 1.807) is 0 Å². The SMILES string of the molecule is CCC(NC(=O)c1cc(Br)ccc1I)c1ccc(C)cc1. The molecule has 21 heavy (non-hydrogen) atoms. The lowest BCUT2D eigenvalue weighted by Crippen LogP contribution is -2.28. The summed E-state index contributed by atoms with van der Waals surface area (Å²) in [4.78, 5) is 12.5. The third-order valence-corrected chi connectivity index (χ3v) is 4.80. The average Bonchev–Trinajstić information content (AvgIpc) is 2.48. The summed E-state index contributed by atoms with van der Waals surface area (Å²) in [6.07, 6.45) is 0.860. The predicted molar refractivity (Wildman–Crippen MR) is 98.5 cm³/mol. The highest BCUT2D eigenvalue weighted by Crippen LogP contribution is 2.21. The number of aryl methyl sites for hydroxylation is 1. The van der Waals surface area contributed by atoms with E-state index in [1.165, 1.54) is 5.56 Å². The Morgan fingerprint density at radius 3 is 2.52 bits per heavy atom. The first-order valence-corrected chi connectivity index (χ1v) is 8.71. The maximum Gasteiger partial charge on any atom is 0.252 e. The lowest BCUT2D eigenvalue weighted by Gasteiger charge is -2.18. The van der Waals surface area contributed by atoms with Crippen LogP contribution in [0.2, 0.25) is 0 Å². The average molecular weight is 458 g/mol. The van der Waals surface area contributed by atoms with Crippen molar-refractivity contribution in [2.75, 3.05) is 0 Å². The molecule has 2 aromatic rings. The van der Waals surface area contributed by atoms with E-state index in [-0.39, 0.29) is 11.9 Å². The number of carbonyl (C=O) groups excluding carboxylic acids is 1. The van der Waals surface area contributed by atoms with Crippen LogP contribution in [0.4, 0.5) is 0 Å². The highest BCUT2D eigenvalue weighted by atomic mass is 127. The van der Waals surface area contributed by atoms with Gasteiger partial charge in [-0.1, -0.05) is 52.7 Å². The van der Waals surface area contributed by atoms with Crippen molar-refractivity contribution < 1.29 is 4.79 Å². The molecule has 0 heterocycles. The normalized spacial score (nSPS) is 12.0. The maximum absolute atomic E-state index is 12.5. The summed E-state index contributed by atoms with van der Waals surface area (Å²) in [5, 5.41) is 3.12. The molecular formula is C17H17BrINO. The molecule has 0 saturated carbocycles. The Kier molecular flexibility index (Phi) is 5.81. The van der Waals surface area contributed by atoms with Crippen molar-refractivity contribution in [3.05, 3.63) is 67.2 Å². The summed E-state index contributed by atoms with van der Waals surface area (Å²) >= 11 is 5.61. The van der Waals surface area contributed by atoms with Crippen molar-refractivity contribution in [1.82, 2.24) is 5.32 Å². The molecule has 1 atom stereocenters. The largest absolute Gasteiger partial charge is 0.345 e. The molecule has 0 saturated heterocycles. The Hall–Kier alpha value is -0.880. The molecule has 110 valence electrons. The van der Waals surface area contributed by atoms with Gasteiger partial charge in [-0.2, -0.15) is 0 Å². The number of carbonyl (C=O) groups is 1. The first kappa shape index (κ1) is 16.5. The van der Waals surface area contributed by atoms with Crippen LogP contribution in [-0.2, 0) is 0 Å². The second-order valence-electron chi connectivity index (χ2n) is 4.97. The van der Waals surface area contributed by atoms with Gasteiger partial charge >= 0.3 is 0 Å². The minimum atomic E-state index is -0.0341. The van der Waals surface area contributed by atoms with Crippen LogP contribution in [0.3, 0.4) is 0 Å². The number of halogens is 2. The van der Waals surface area contributed by atoms with E-state index in [4.69, 9.17) is 0 Å². The zero-order valence-corrected chi connectivity index (χ0v) is 15.7. The summed E-state index contributed by atoms with van der Waals surface area (Å²) < 4.78 is 1.86. The summed E-state index contributed by atoms with van der Waals surface area (Å²) in [5.41, 5.74) is 3.07.